The molecule has 1 aliphatic rings. The van der Waals surface area contributed by atoms with E-state index in [9.17, 15) is 13.5 Å². The van der Waals surface area contributed by atoms with Gasteiger partial charge in [-0.25, -0.2) is 8.42 Å². The first kappa shape index (κ1) is 20.5. The van der Waals surface area contributed by atoms with Gasteiger partial charge in [-0.3, -0.25) is 0 Å². The summed E-state index contributed by atoms with van der Waals surface area (Å²) in [4.78, 5) is 0.448. The highest BCUT2D eigenvalue weighted by Gasteiger charge is 2.38. The molecule has 1 N–H and O–H groups in total. The number of rotatable bonds is 7. The minimum Gasteiger partial charge on any atom is -0.392 e. The second-order valence-electron chi connectivity index (χ2n) is 7.27. The van der Waals surface area contributed by atoms with Gasteiger partial charge in [0.1, 0.15) is 0 Å². The summed E-state index contributed by atoms with van der Waals surface area (Å²) >= 11 is 0. The Morgan fingerprint density at radius 2 is 1.71 bits per heavy atom. The van der Waals surface area contributed by atoms with E-state index < -0.39 is 21.9 Å². The van der Waals surface area contributed by atoms with Crippen LogP contribution in [0.3, 0.4) is 0 Å². The predicted octanol–water partition coefficient (Wildman–Crippen LogP) is 4.13. The van der Waals surface area contributed by atoms with Gasteiger partial charge in [-0.1, -0.05) is 66.8 Å². The van der Waals surface area contributed by atoms with E-state index in [0.717, 1.165) is 5.56 Å². The number of ether oxygens (including phenoxy) is 1. The summed E-state index contributed by atoms with van der Waals surface area (Å²) in [6, 6.07) is 18.1. The largest absolute Gasteiger partial charge is 0.392 e. The minimum atomic E-state index is -3.71. The highest BCUT2D eigenvalue weighted by Crippen LogP contribution is 2.38. The lowest BCUT2D eigenvalue weighted by atomic mass is 9.82. The van der Waals surface area contributed by atoms with Crippen molar-refractivity contribution in [3.63, 3.8) is 0 Å². The number of hydrogen-bond donors (Lipinski definition) is 1. The molecule has 4 nitrogen and oxygen atoms in total. The molecule has 2 aromatic carbocycles. The first-order valence-electron chi connectivity index (χ1n) is 9.36. The van der Waals surface area contributed by atoms with Gasteiger partial charge in [0.15, 0.2) is 0 Å². The lowest BCUT2D eigenvalue weighted by Gasteiger charge is -2.33. The molecule has 0 bridgehead atoms. The third-order valence-electron chi connectivity index (χ3n) is 4.97. The Balaban J connectivity index is 1.84. The highest BCUT2D eigenvalue weighted by atomic mass is 32.2. The molecule has 5 heteroatoms. The van der Waals surface area contributed by atoms with Crippen LogP contribution in [0.25, 0.3) is 0 Å². The molecule has 0 fully saturated rings. The first-order valence-corrected chi connectivity index (χ1v) is 10.8. The molecular formula is C23H26O4S. The van der Waals surface area contributed by atoms with Crippen LogP contribution in [-0.4, -0.2) is 26.2 Å². The van der Waals surface area contributed by atoms with Crippen molar-refractivity contribution < 1.29 is 18.3 Å². The van der Waals surface area contributed by atoms with Crippen LogP contribution >= 0.6 is 0 Å². The fraction of sp³-hybridized carbons (Fsp3) is 0.304. The molecule has 0 aromatic heterocycles. The Morgan fingerprint density at radius 3 is 2.32 bits per heavy atom. The van der Waals surface area contributed by atoms with Gasteiger partial charge in [-0.15, -0.1) is 0 Å². The van der Waals surface area contributed by atoms with E-state index in [1.807, 2.05) is 30.3 Å². The highest BCUT2D eigenvalue weighted by molar-refractivity contribution is 7.95. The van der Waals surface area contributed by atoms with E-state index in [2.05, 4.69) is 6.58 Å². The Labute approximate surface area is 167 Å². The average Bonchev–Trinajstić information content (AvgIpc) is 2.68. The Bertz CT molecular complexity index is 933. The topological polar surface area (TPSA) is 63.6 Å². The van der Waals surface area contributed by atoms with Gasteiger partial charge >= 0.3 is 0 Å². The van der Waals surface area contributed by atoms with Crippen LogP contribution < -0.4 is 0 Å². The van der Waals surface area contributed by atoms with Crippen LogP contribution in [0.2, 0.25) is 0 Å². The van der Waals surface area contributed by atoms with Gasteiger partial charge in [0, 0.05) is 11.8 Å². The zero-order valence-corrected chi connectivity index (χ0v) is 16.8. The van der Waals surface area contributed by atoms with Gasteiger partial charge in [0.05, 0.1) is 29.1 Å². The SMILES string of the molecule is C=C(C)[C@@H]1C(S(=O)(=O)c2ccccc2)=C[C@@H](COCc2ccccc2)C[C@@H]1O. The van der Waals surface area contributed by atoms with Crippen LogP contribution in [0.15, 0.2) is 88.7 Å². The summed E-state index contributed by atoms with van der Waals surface area (Å²) in [5.74, 6) is -0.779. The zero-order chi connectivity index (χ0) is 20.1. The second kappa shape index (κ2) is 8.86. The fourth-order valence-corrected chi connectivity index (χ4v) is 5.47. The third kappa shape index (κ3) is 4.61. The molecule has 0 saturated carbocycles. The molecule has 2 aromatic rings. The van der Waals surface area contributed by atoms with Crippen LogP contribution in [0.5, 0.6) is 0 Å². The number of sulfone groups is 1. The maximum atomic E-state index is 13.2. The van der Waals surface area contributed by atoms with Gasteiger partial charge in [0.2, 0.25) is 9.84 Å². The standard InChI is InChI=1S/C23H26O4S/c1-17(2)23-21(24)13-19(16-27-15-18-9-5-3-6-10-18)14-22(23)28(25,26)20-11-7-4-8-12-20/h3-12,14,19,21,23-24H,1,13,15-16H2,2H3/t19-,21-,23-/m0/s1. The summed E-state index contributed by atoms with van der Waals surface area (Å²) in [5.41, 5.74) is 1.70. The number of aliphatic hydroxyl groups excluding tert-OH is 1. The van der Waals surface area contributed by atoms with E-state index >= 15 is 0 Å². The summed E-state index contributed by atoms with van der Waals surface area (Å²) in [6.45, 7) is 6.48. The van der Waals surface area contributed by atoms with Crippen LogP contribution in [0, 0.1) is 11.8 Å². The van der Waals surface area contributed by atoms with E-state index in [-0.39, 0.29) is 15.7 Å². The van der Waals surface area contributed by atoms with Crippen molar-refractivity contribution in [1.82, 2.24) is 0 Å². The van der Waals surface area contributed by atoms with Crippen LogP contribution in [-0.2, 0) is 21.2 Å². The van der Waals surface area contributed by atoms with Gasteiger partial charge < -0.3 is 9.84 Å². The van der Waals surface area contributed by atoms with Crippen molar-refractivity contribution in [1.29, 1.82) is 0 Å². The average molecular weight is 399 g/mol. The number of hydrogen-bond acceptors (Lipinski definition) is 4. The minimum absolute atomic E-state index is 0.178. The van der Waals surface area contributed by atoms with Crippen molar-refractivity contribution >= 4 is 9.84 Å². The molecule has 1 aliphatic carbocycles. The second-order valence-corrected chi connectivity index (χ2v) is 9.22. The molecule has 0 amide bonds. The molecule has 0 radical (unpaired) electrons. The van der Waals surface area contributed by atoms with E-state index in [0.29, 0.717) is 25.2 Å². The van der Waals surface area contributed by atoms with Gasteiger partial charge in [0.25, 0.3) is 0 Å². The molecule has 0 saturated heterocycles. The Morgan fingerprint density at radius 1 is 1.11 bits per heavy atom. The Kier molecular flexibility index (Phi) is 6.50. The molecule has 0 heterocycles. The molecule has 3 rings (SSSR count). The van der Waals surface area contributed by atoms with E-state index in [4.69, 9.17) is 4.74 Å². The molecule has 3 atom stereocenters. The van der Waals surface area contributed by atoms with Crippen molar-refractivity contribution in [2.24, 2.45) is 11.8 Å². The quantitative estimate of drug-likeness (QED) is 0.712. The smallest absolute Gasteiger partial charge is 0.203 e. The zero-order valence-electron chi connectivity index (χ0n) is 16.0. The lowest BCUT2D eigenvalue weighted by molar-refractivity contribution is 0.0578. The maximum absolute atomic E-state index is 13.2. The van der Waals surface area contributed by atoms with E-state index in [1.165, 1.54) is 0 Å². The summed E-state index contributed by atoms with van der Waals surface area (Å²) in [6.07, 6.45) is 1.39. The molecule has 0 aliphatic heterocycles. The molecule has 0 spiro atoms. The van der Waals surface area contributed by atoms with Crippen molar-refractivity contribution in [3.8, 4) is 0 Å². The fourth-order valence-electron chi connectivity index (χ4n) is 3.62. The van der Waals surface area contributed by atoms with Gasteiger partial charge in [-0.2, -0.15) is 0 Å². The number of benzene rings is 2. The monoisotopic (exact) mass is 398 g/mol. The maximum Gasteiger partial charge on any atom is 0.203 e. The number of aliphatic hydroxyl groups is 1. The first-order chi connectivity index (χ1) is 13.4. The van der Waals surface area contributed by atoms with Crippen molar-refractivity contribution in [2.45, 2.75) is 31.0 Å². The van der Waals surface area contributed by atoms with Crippen molar-refractivity contribution in [2.75, 3.05) is 6.61 Å². The van der Waals surface area contributed by atoms with Gasteiger partial charge in [-0.05, 0) is 31.0 Å². The normalized spacial score (nSPS) is 22.5. The van der Waals surface area contributed by atoms with Crippen LogP contribution in [0.1, 0.15) is 18.9 Å². The molecule has 28 heavy (non-hydrogen) atoms. The third-order valence-corrected chi connectivity index (χ3v) is 6.88. The Hall–Kier alpha value is -2.21. The lowest BCUT2D eigenvalue weighted by Crippen LogP contribution is -2.34. The summed E-state index contributed by atoms with van der Waals surface area (Å²) < 4.78 is 32.3. The predicted molar refractivity (Wildman–Crippen MR) is 110 cm³/mol. The van der Waals surface area contributed by atoms with Crippen LogP contribution in [0.4, 0.5) is 0 Å². The van der Waals surface area contributed by atoms with Crippen molar-refractivity contribution in [3.05, 3.63) is 89.4 Å². The summed E-state index contributed by atoms with van der Waals surface area (Å²) in [5, 5.41) is 10.7. The molecular weight excluding hydrogens is 372 g/mol. The summed E-state index contributed by atoms with van der Waals surface area (Å²) in [7, 11) is -3.71. The van der Waals surface area contributed by atoms with E-state index in [1.54, 1.807) is 43.3 Å². The molecule has 148 valence electrons. The molecule has 0 unspecified atom stereocenters.